The fourth-order valence-electron chi connectivity index (χ4n) is 5.88. The Morgan fingerprint density at radius 2 is 1.86 bits per heavy atom. The van der Waals surface area contributed by atoms with Crippen molar-refractivity contribution in [3.8, 4) is 39.8 Å². The average molecular weight is 566 g/mol. The van der Waals surface area contributed by atoms with Gasteiger partial charge in [0.05, 0.1) is 37.1 Å². The maximum atomic E-state index is 14.0. The van der Waals surface area contributed by atoms with E-state index in [0.29, 0.717) is 30.0 Å². The summed E-state index contributed by atoms with van der Waals surface area (Å²) in [5, 5.41) is 24.4. The predicted octanol–water partition coefficient (Wildman–Crippen LogP) is 5.69. The van der Waals surface area contributed by atoms with Crippen LogP contribution in [-0.2, 0) is 19.4 Å². The number of nitrogens with one attached hydrogen (secondary N) is 2. The van der Waals surface area contributed by atoms with Gasteiger partial charge < -0.3 is 34.6 Å². The Balaban J connectivity index is 1.40. The summed E-state index contributed by atoms with van der Waals surface area (Å²) in [5.74, 6) is 1.22. The van der Waals surface area contributed by atoms with Gasteiger partial charge in [-0.15, -0.1) is 0 Å². The molecule has 0 fully saturated rings. The van der Waals surface area contributed by atoms with E-state index in [1.54, 1.807) is 19.2 Å². The molecule has 0 saturated carbocycles. The highest BCUT2D eigenvalue weighted by Gasteiger charge is 2.29. The number of aromatic nitrogens is 2. The van der Waals surface area contributed by atoms with E-state index in [4.69, 9.17) is 9.47 Å². The molecule has 3 aromatic carbocycles. The number of aromatic amines is 1. The van der Waals surface area contributed by atoms with E-state index in [2.05, 4.69) is 14.9 Å². The molecule has 1 aliphatic rings. The molecule has 42 heavy (non-hydrogen) atoms. The Labute approximate surface area is 244 Å². The lowest BCUT2D eigenvalue weighted by molar-refractivity contribution is 0.0917. The molecule has 0 spiro atoms. The number of para-hydroxylation sites is 1. The molecule has 8 nitrogen and oxygen atoms in total. The van der Waals surface area contributed by atoms with Crippen molar-refractivity contribution in [1.82, 2.24) is 14.9 Å². The average Bonchev–Trinajstić information content (AvgIpc) is 3.58. The van der Waals surface area contributed by atoms with E-state index in [0.717, 1.165) is 51.0 Å². The highest BCUT2D eigenvalue weighted by molar-refractivity contribution is 6.02. The maximum absolute atomic E-state index is 14.0. The van der Waals surface area contributed by atoms with E-state index in [1.165, 1.54) is 0 Å². The second-order valence-corrected chi connectivity index (χ2v) is 11.0. The number of fused-ring (bicyclic) bond motifs is 4. The van der Waals surface area contributed by atoms with Gasteiger partial charge in [0.25, 0.3) is 5.91 Å². The van der Waals surface area contributed by atoms with Gasteiger partial charge in [0.2, 0.25) is 0 Å². The van der Waals surface area contributed by atoms with Crippen LogP contribution in [0.15, 0.2) is 72.9 Å². The molecule has 1 atom stereocenters. The number of nitrogens with zero attached hydrogens (tertiary/aromatic N) is 1. The Morgan fingerprint density at radius 1 is 1.07 bits per heavy atom. The number of phenolic OH excluding ortho intramolecular Hbond substituents is 1. The van der Waals surface area contributed by atoms with E-state index >= 15 is 0 Å². The van der Waals surface area contributed by atoms with Gasteiger partial charge in [0, 0.05) is 34.9 Å². The van der Waals surface area contributed by atoms with Crippen molar-refractivity contribution < 1.29 is 24.5 Å². The first kappa shape index (κ1) is 27.5. The molecule has 0 unspecified atom stereocenters. The van der Waals surface area contributed by atoms with E-state index in [1.807, 2.05) is 74.6 Å². The highest BCUT2D eigenvalue weighted by Crippen LogP contribution is 2.43. The number of carbonyl (C=O) groups is 1. The van der Waals surface area contributed by atoms with Gasteiger partial charge in [-0.25, -0.2) is 0 Å². The predicted molar refractivity (Wildman–Crippen MR) is 163 cm³/mol. The van der Waals surface area contributed by atoms with Crippen molar-refractivity contribution in [2.45, 2.75) is 45.4 Å². The van der Waals surface area contributed by atoms with E-state index in [-0.39, 0.29) is 24.4 Å². The fourth-order valence-corrected chi connectivity index (χ4v) is 5.88. The third kappa shape index (κ3) is 5.10. The molecule has 1 aliphatic heterocycles. The molecule has 3 heterocycles. The van der Waals surface area contributed by atoms with Crippen LogP contribution in [0.2, 0.25) is 0 Å². The molecule has 216 valence electrons. The van der Waals surface area contributed by atoms with Crippen molar-refractivity contribution in [3.63, 3.8) is 0 Å². The fraction of sp³-hybridized carbons (Fsp3) is 0.265. The molecular formula is C34H35N3O5. The molecule has 6 rings (SSSR count). The third-order valence-corrected chi connectivity index (χ3v) is 7.81. The van der Waals surface area contributed by atoms with Crippen molar-refractivity contribution >= 4 is 16.8 Å². The molecule has 0 aliphatic carbocycles. The zero-order valence-electron chi connectivity index (χ0n) is 24.0. The van der Waals surface area contributed by atoms with Gasteiger partial charge in [-0.2, -0.15) is 0 Å². The second-order valence-electron chi connectivity index (χ2n) is 11.0. The number of aliphatic hydroxyl groups is 1. The number of hydrogen-bond donors (Lipinski definition) is 4. The summed E-state index contributed by atoms with van der Waals surface area (Å²) in [6.45, 7) is 4.41. The van der Waals surface area contributed by atoms with Crippen molar-refractivity contribution in [2.75, 3.05) is 13.7 Å². The number of amides is 1. The van der Waals surface area contributed by atoms with Crippen molar-refractivity contribution in [2.24, 2.45) is 0 Å². The number of methoxy groups -OCH3 is 1. The normalized spacial score (nSPS) is 13.1. The quantitative estimate of drug-likeness (QED) is 0.184. The van der Waals surface area contributed by atoms with Crippen LogP contribution in [0.25, 0.3) is 33.4 Å². The Hall–Kier alpha value is -4.69. The van der Waals surface area contributed by atoms with Gasteiger partial charge in [-0.05, 0) is 91.9 Å². The van der Waals surface area contributed by atoms with Crippen LogP contribution in [0.5, 0.6) is 17.2 Å². The number of carbonyl (C=O) groups excluding carboxylic acids is 1. The van der Waals surface area contributed by atoms with Gasteiger partial charge in [-0.1, -0.05) is 18.2 Å². The first-order valence-corrected chi connectivity index (χ1v) is 14.2. The molecule has 1 amide bonds. The smallest absolute Gasteiger partial charge is 0.253 e. The summed E-state index contributed by atoms with van der Waals surface area (Å²) in [4.78, 5) is 17.2. The number of benzene rings is 3. The lowest BCUT2D eigenvalue weighted by Gasteiger charge is -2.24. The number of aryl methyl sites for hydroxylation is 1. The number of phenols is 1. The van der Waals surface area contributed by atoms with Crippen LogP contribution in [0, 0.1) is 0 Å². The van der Waals surface area contributed by atoms with Crippen LogP contribution >= 0.6 is 0 Å². The van der Waals surface area contributed by atoms with E-state index in [9.17, 15) is 15.0 Å². The first-order chi connectivity index (χ1) is 20.4. The van der Waals surface area contributed by atoms with Crippen LogP contribution in [0.1, 0.15) is 35.3 Å². The SMILES string of the molecule is COc1cc2c(cc1OC(C)C)-c1cc(C(=O)N[C@@H](CO)Cc3c[nH]c4ccccc34)c(-c3ccc(O)cc3)n1CC2. The minimum absolute atomic E-state index is 0.0335. The molecular weight excluding hydrogens is 530 g/mol. The van der Waals surface area contributed by atoms with Crippen LogP contribution in [0.4, 0.5) is 0 Å². The van der Waals surface area contributed by atoms with Gasteiger partial charge in [0.1, 0.15) is 5.75 Å². The lowest BCUT2D eigenvalue weighted by Crippen LogP contribution is -2.39. The van der Waals surface area contributed by atoms with Gasteiger partial charge in [-0.3, -0.25) is 4.79 Å². The highest BCUT2D eigenvalue weighted by atomic mass is 16.5. The van der Waals surface area contributed by atoms with Crippen molar-refractivity contribution in [3.05, 3.63) is 89.6 Å². The molecule has 2 aromatic heterocycles. The van der Waals surface area contributed by atoms with Crippen LogP contribution in [-0.4, -0.2) is 51.5 Å². The molecule has 0 radical (unpaired) electrons. The molecule has 8 heteroatoms. The summed E-state index contributed by atoms with van der Waals surface area (Å²) in [6.07, 6.45) is 3.13. The first-order valence-electron chi connectivity index (χ1n) is 14.2. The third-order valence-electron chi connectivity index (χ3n) is 7.81. The lowest BCUT2D eigenvalue weighted by atomic mass is 9.97. The minimum Gasteiger partial charge on any atom is -0.508 e. The number of ether oxygens (including phenoxy) is 2. The minimum atomic E-state index is -0.483. The van der Waals surface area contributed by atoms with Crippen LogP contribution < -0.4 is 14.8 Å². The van der Waals surface area contributed by atoms with Crippen molar-refractivity contribution in [1.29, 1.82) is 0 Å². The van der Waals surface area contributed by atoms with Gasteiger partial charge in [0.15, 0.2) is 11.5 Å². The summed E-state index contributed by atoms with van der Waals surface area (Å²) >= 11 is 0. The monoisotopic (exact) mass is 565 g/mol. The molecule has 0 bridgehead atoms. The molecule has 4 N–H and O–H groups in total. The summed E-state index contributed by atoms with van der Waals surface area (Å²) < 4.78 is 13.9. The largest absolute Gasteiger partial charge is 0.508 e. The number of H-pyrrole nitrogens is 1. The van der Waals surface area contributed by atoms with Gasteiger partial charge >= 0.3 is 0 Å². The summed E-state index contributed by atoms with van der Waals surface area (Å²) in [7, 11) is 1.64. The Bertz CT molecular complexity index is 1750. The molecule has 5 aromatic rings. The zero-order chi connectivity index (χ0) is 29.4. The molecule has 0 saturated heterocycles. The summed E-state index contributed by atoms with van der Waals surface area (Å²) in [6, 6.07) is 20.3. The number of rotatable bonds is 9. The van der Waals surface area contributed by atoms with E-state index < -0.39 is 6.04 Å². The Morgan fingerprint density at radius 3 is 2.60 bits per heavy atom. The topological polar surface area (TPSA) is 109 Å². The van der Waals surface area contributed by atoms with Crippen LogP contribution in [0.3, 0.4) is 0 Å². The maximum Gasteiger partial charge on any atom is 0.253 e. The standard InChI is InChI=1S/C34H35N3O5/c1-20(2)42-32-17-27-22(15-31(32)41-3)12-13-37-30(27)16-28(33(37)21-8-10-25(39)11-9-21)34(40)36-24(19-38)14-23-18-35-29-7-5-4-6-26(23)29/h4-11,15-18,20,24,35,38-39H,12-14,19H2,1-3H3,(H,36,40)/t24-/m1/s1. The summed E-state index contributed by atoms with van der Waals surface area (Å²) in [5.41, 5.74) is 7.12. The number of aliphatic hydroxyl groups excluding tert-OH is 1. The Kier molecular flexibility index (Phi) is 7.39. The number of hydrogen-bond acceptors (Lipinski definition) is 5. The second kappa shape index (κ2) is 11.3. The zero-order valence-corrected chi connectivity index (χ0v) is 24.0. The number of aromatic hydroxyl groups is 1.